The Kier molecular flexibility index (Phi) is 1.89. The standard InChI is InChI=1S/C11H6O7/c1-3(12)16-8-6-4(10(13)15-2)5-7(17-6)9(8)18-11(5)14/h1-2H3. The molecule has 0 aromatic carbocycles. The Balaban J connectivity index is 2.27. The first kappa shape index (κ1) is 10.6. The number of benzene rings is 1. The Morgan fingerprint density at radius 3 is 2.56 bits per heavy atom. The molecule has 0 unspecified atom stereocenters. The third-order valence-electron chi connectivity index (χ3n) is 2.56. The molecule has 0 amide bonds. The number of rotatable bonds is 2. The van der Waals surface area contributed by atoms with Gasteiger partial charge in [-0.25, -0.2) is 9.59 Å². The van der Waals surface area contributed by atoms with Crippen molar-refractivity contribution in [3.8, 4) is 11.5 Å². The summed E-state index contributed by atoms with van der Waals surface area (Å²) in [7, 11) is 1.17. The van der Waals surface area contributed by atoms with Crippen molar-refractivity contribution in [1.29, 1.82) is 0 Å². The Morgan fingerprint density at radius 1 is 1.22 bits per heavy atom. The Bertz CT molecular complexity index is 693. The van der Waals surface area contributed by atoms with Crippen molar-refractivity contribution in [2.24, 2.45) is 0 Å². The molecule has 0 N–H and O–H groups in total. The van der Waals surface area contributed by atoms with Gasteiger partial charge in [-0.15, -0.1) is 0 Å². The molecule has 18 heavy (non-hydrogen) atoms. The molecule has 2 aromatic heterocycles. The first-order valence-electron chi connectivity index (χ1n) is 4.95. The maximum absolute atomic E-state index is 11.6. The predicted octanol–water partition coefficient (Wildman–Crippen LogP) is 1.12. The van der Waals surface area contributed by atoms with Crippen LogP contribution in [0.1, 0.15) is 27.6 Å². The van der Waals surface area contributed by atoms with Crippen LogP contribution in [0.25, 0.3) is 11.2 Å². The number of carbonyl (C=O) groups excluding carboxylic acids is 3. The molecule has 3 rings (SSSR count). The molecule has 0 radical (unpaired) electrons. The van der Waals surface area contributed by atoms with Gasteiger partial charge in [0.1, 0.15) is 11.1 Å². The van der Waals surface area contributed by atoms with E-state index in [1.165, 1.54) is 14.0 Å². The van der Waals surface area contributed by atoms with Crippen LogP contribution in [0.4, 0.5) is 0 Å². The molecule has 92 valence electrons. The highest BCUT2D eigenvalue weighted by Crippen LogP contribution is 2.51. The summed E-state index contributed by atoms with van der Waals surface area (Å²) in [5.74, 6) is -2.12. The van der Waals surface area contributed by atoms with E-state index in [-0.39, 0.29) is 33.8 Å². The maximum atomic E-state index is 11.6. The third kappa shape index (κ3) is 1.10. The highest BCUT2D eigenvalue weighted by molar-refractivity contribution is 6.20. The lowest BCUT2D eigenvalue weighted by atomic mass is 10.1. The quantitative estimate of drug-likeness (QED) is 0.582. The van der Waals surface area contributed by atoms with E-state index >= 15 is 0 Å². The van der Waals surface area contributed by atoms with Gasteiger partial charge in [0.05, 0.1) is 7.11 Å². The van der Waals surface area contributed by atoms with E-state index in [1.807, 2.05) is 0 Å². The third-order valence-corrected chi connectivity index (χ3v) is 2.56. The van der Waals surface area contributed by atoms with Crippen LogP contribution in [0.3, 0.4) is 0 Å². The summed E-state index contributed by atoms with van der Waals surface area (Å²) in [6.45, 7) is 1.18. The van der Waals surface area contributed by atoms with E-state index in [0.717, 1.165) is 0 Å². The van der Waals surface area contributed by atoms with Gasteiger partial charge in [0.15, 0.2) is 11.2 Å². The summed E-state index contributed by atoms with van der Waals surface area (Å²) in [6, 6.07) is 0. The van der Waals surface area contributed by atoms with Crippen LogP contribution in [-0.2, 0) is 9.53 Å². The molecule has 0 fully saturated rings. The summed E-state index contributed by atoms with van der Waals surface area (Å²) in [5, 5.41) is 0. The van der Waals surface area contributed by atoms with Gasteiger partial charge in [-0.3, -0.25) is 4.79 Å². The zero-order valence-corrected chi connectivity index (χ0v) is 9.36. The fourth-order valence-corrected chi connectivity index (χ4v) is 1.92. The molecule has 0 spiro atoms. The Morgan fingerprint density at radius 2 is 1.94 bits per heavy atom. The topological polar surface area (TPSA) is 92.0 Å². The molecule has 0 aliphatic carbocycles. The second kappa shape index (κ2) is 3.22. The van der Waals surface area contributed by atoms with Crippen molar-refractivity contribution >= 4 is 29.1 Å². The largest absolute Gasteiger partial charge is 0.465 e. The molecule has 0 saturated heterocycles. The second-order valence-electron chi connectivity index (χ2n) is 3.64. The lowest BCUT2D eigenvalue weighted by molar-refractivity contribution is -0.131. The van der Waals surface area contributed by atoms with Crippen molar-refractivity contribution in [2.75, 3.05) is 7.11 Å². The Labute approximate surface area is 99.5 Å². The van der Waals surface area contributed by atoms with E-state index in [1.54, 1.807) is 0 Å². The lowest BCUT2D eigenvalue weighted by Crippen LogP contribution is -2.08. The van der Waals surface area contributed by atoms with Gasteiger partial charge >= 0.3 is 17.9 Å². The molecule has 2 bridgehead atoms. The second-order valence-corrected chi connectivity index (χ2v) is 3.64. The molecule has 1 aliphatic heterocycles. The van der Waals surface area contributed by atoms with Crippen LogP contribution in [0, 0.1) is 0 Å². The Hall–Kier alpha value is -2.57. The minimum absolute atomic E-state index is 0.0112. The molecular formula is C11H6O7. The van der Waals surface area contributed by atoms with Crippen LogP contribution >= 0.6 is 0 Å². The molecular weight excluding hydrogens is 244 g/mol. The van der Waals surface area contributed by atoms with E-state index in [4.69, 9.17) is 13.9 Å². The summed E-state index contributed by atoms with van der Waals surface area (Å²) in [5.41, 5.74) is 0.0345. The van der Waals surface area contributed by atoms with Gasteiger partial charge in [-0.1, -0.05) is 0 Å². The number of carbonyl (C=O) groups is 3. The first-order chi connectivity index (χ1) is 8.54. The van der Waals surface area contributed by atoms with Gasteiger partial charge in [0.25, 0.3) is 0 Å². The fraction of sp³-hybridized carbons (Fsp3) is 0.182. The van der Waals surface area contributed by atoms with Crippen LogP contribution in [0.15, 0.2) is 4.42 Å². The van der Waals surface area contributed by atoms with Crippen LogP contribution in [0.2, 0.25) is 0 Å². The molecule has 7 heteroatoms. The molecule has 3 heterocycles. The zero-order chi connectivity index (χ0) is 13.0. The van der Waals surface area contributed by atoms with Gasteiger partial charge in [-0.05, 0) is 0 Å². The number of hydrogen-bond donors (Lipinski definition) is 0. The van der Waals surface area contributed by atoms with E-state index in [0.29, 0.717) is 0 Å². The zero-order valence-electron chi connectivity index (χ0n) is 9.36. The fourth-order valence-electron chi connectivity index (χ4n) is 1.92. The minimum Gasteiger partial charge on any atom is -0.465 e. The first-order valence-corrected chi connectivity index (χ1v) is 4.95. The normalized spacial score (nSPS) is 12.9. The SMILES string of the molecule is COC(=O)c1c2c3oc1c(OC(C)=O)c3OC2=O. The number of ether oxygens (including phenoxy) is 3. The van der Waals surface area contributed by atoms with Gasteiger partial charge in [0, 0.05) is 6.92 Å². The minimum atomic E-state index is -0.752. The van der Waals surface area contributed by atoms with Crippen molar-refractivity contribution in [2.45, 2.75) is 6.92 Å². The van der Waals surface area contributed by atoms with Gasteiger partial charge in [0.2, 0.25) is 11.5 Å². The van der Waals surface area contributed by atoms with E-state index in [9.17, 15) is 14.4 Å². The summed E-state index contributed by atoms with van der Waals surface area (Å²) >= 11 is 0. The summed E-state index contributed by atoms with van der Waals surface area (Å²) in [4.78, 5) is 34.2. The molecule has 0 atom stereocenters. The summed E-state index contributed by atoms with van der Waals surface area (Å²) in [6.07, 6.45) is 0. The maximum Gasteiger partial charge on any atom is 0.348 e. The lowest BCUT2D eigenvalue weighted by Gasteiger charge is -2.00. The number of hydrogen-bond acceptors (Lipinski definition) is 7. The monoisotopic (exact) mass is 250 g/mol. The number of methoxy groups -OCH3 is 1. The van der Waals surface area contributed by atoms with Crippen molar-refractivity contribution in [3.63, 3.8) is 0 Å². The number of esters is 3. The highest BCUT2D eigenvalue weighted by Gasteiger charge is 2.43. The van der Waals surface area contributed by atoms with Crippen LogP contribution in [0.5, 0.6) is 11.5 Å². The average Bonchev–Trinajstić information content (AvgIpc) is 2.90. The van der Waals surface area contributed by atoms with Gasteiger partial charge in [-0.2, -0.15) is 0 Å². The number of fused-ring (bicyclic) bond motifs is 1. The van der Waals surface area contributed by atoms with Gasteiger partial charge < -0.3 is 18.6 Å². The van der Waals surface area contributed by atoms with Crippen LogP contribution < -0.4 is 9.47 Å². The van der Waals surface area contributed by atoms with E-state index in [2.05, 4.69) is 4.74 Å². The highest BCUT2D eigenvalue weighted by atomic mass is 16.6. The van der Waals surface area contributed by atoms with Crippen molar-refractivity contribution in [3.05, 3.63) is 11.1 Å². The molecule has 2 aromatic rings. The predicted molar refractivity (Wildman–Crippen MR) is 55.0 cm³/mol. The smallest absolute Gasteiger partial charge is 0.348 e. The molecule has 0 saturated carbocycles. The number of furan rings is 2. The van der Waals surface area contributed by atoms with Crippen LogP contribution in [-0.4, -0.2) is 25.0 Å². The van der Waals surface area contributed by atoms with E-state index < -0.39 is 17.9 Å². The van der Waals surface area contributed by atoms with Crippen molar-refractivity contribution < 1.29 is 33.0 Å². The van der Waals surface area contributed by atoms with Crippen molar-refractivity contribution in [1.82, 2.24) is 0 Å². The molecule has 7 nitrogen and oxygen atoms in total. The summed E-state index contributed by atoms with van der Waals surface area (Å²) < 4.78 is 19.6. The molecule has 1 aliphatic rings. The average molecular weight is 250 g/mol.